The molecule has 0 aliphatic carbocycles. The molecule has 28 heavy (non-hydrogen) atoms. The quantitative estimate of drug-likeness (QED) is 0.292. The van der Waals surface area contributed by atoms with Gasteiger partial charge in [-0.3, -0.25) is 9.59 Å². The minimum absolute atomic E-state index is 0.0275. The van der Waals surface area contributed by atoms with Gasteiger partial charge in [0.1, 0.15) is 6.61 Å². The Hall–Kier alpha value is -2.50. The van der Waals surface area contributed by atoms with Crippen LogP contribution in [-0.2, 0) is 20.9 Å². The molecular weight excluding hydrogens is 388 g/mol. The molecule has 2 aromatic carbocycles. The summed E-state index contributed by atoms with van der Waals surface area (Å²) in [5.41, 5.74) is 3.08. The third-order valence-corrected chi connectivity index (χ3v) is 5.61. The number of carbonyl (C=O) groups excluding carboxylic acids is 2. The molecule has 0 unspecified atom stereocenters. The molecule has 0 aliphatic heterocycles. The van der Waals surface area contributed by atoms with Gasteiger partial charge < -0.3 is 4.74 Å². The fourth-order valence-electron chi connectivity index (χ4n) is 1.96. The molecule has 0 atom stereocenters. The summed E-state index contributed by atoms with van der Waals surface area (Å²) in [6, 6.07) is 15.3. The topological polar surface area (TPSA) is 43.4 Å². The molecule has 0 saturated carbocycles. The number of carbonyl (C=O) groups is 2. The highest BCUT2D eigenvalue weighted by molar-refractivity contribution is 8.14. The molecule has 0 aromatic heterocycles. The maximum atomic E-state index is 11.7. The van der Waals surface area contributed by atoms with Crippen LogP contribution in [0.3, 0.4) is 0 Å². The zero-order chi connectivity index (χ0) is 20.5. The molecule has 0 fully saturated rings. The Morgan fingerprint density at radius 1 is 0.857 bits per heavy atom. The lowest BCUT2D eigenvalue weighted by atomic mass is 10.2. The highest BCUT2D eigenvalue weighted by atomic mass is 32.2. The van der Waals surface area contributed by atoms with Gasteiger partial charge in [0.15, 0.2) is 0 Å². The predicted molar refractivity (Wildman–Crippen MR) is 118 cm³/mol. The average molecular weight is 411 g/mol. The summed E-state index contributed by atoms with van der Waals surface area (Å²) >= 11 is 2.34. The molecule has 144 valence electrons. The van der Waals surface area contributed by atoms with Crippen LogP contribution in [0.2, 0.25) is 0 Å². The number of hydrogen-bond donors (Lipinski definition) is 0. The van der Waals surface area contributed by atoms with Crippen molar-refractivity contribution in [2.75, 3.05) is 0 Å². The zero-order valence-corrected chi connectivity index (χ0v) is 17.6. The number of thioether (sulfide) groups is 2. The van der Waals surface area contributed by atoms with Crippen molar-refractivity contribution in [2.45, 2.75) is 30.2 Å². The van der Waals surface area contributed by atoms with E-state index in [1.807, 2.05) is 54.6 Å². The van der Waals surface area contributed by atoms with Crippen molar-refractivity contribution >= 4 is 39.8 Å². The number of rotatable bonds is 8. The third-order valence-electron chi connectivity index (χ3n) is 3.53. The molecule has 3 nitrogen and oxygen atoms in total. The summed E-state index contributed by atoms with van der Waals surface area (Å²) < 4.78 is 5.57. The molecule has 5 heteroatoms. The summed E-state index contributed by atoms with van der Waals surface area (Å²) in [4.78, 5) is 25.1. The highest BCUT2D eigenvalue weighted by Gasteiger charge is 2.06. The molecule has 0 N–H and O–H groups in total. The lowest BCUT2D eigenvalue weighted by Gasteiger charge is -2.04. The molecule has 0 heterocycles. The predicted octanol–water partition coefficient (Wildman–Crippen LogP) is 6.26. The fraction of sp³-hybridized carbons (Fsp3) is 0.130. The first-order valence-corrected chi connectivity index (χ1v) is 10.2. The van der Waals surface area contributed by atoms with E-state index in [2.05, 4.69) is 13.2 Å². The molecule has 0 radical (unpaired) electrons. The molecule has 0 aliphatic rings. The number of benzene rings is 2. The van der Waals surface area contributed by atoms with Crippen molar-refractivity contribution in [3.8, 4) is 0 Å². The second kappa shape index (κ2) is 10.7. The first kappa shape index (κ1) is 21.8. The van der Waals surface area contributed by atoms with Crippen LogP contribution < -0.4 is 0 Å². The molecule has 2 rings (SSSR count). The molecule has 0 spiro atoms. The SMILES string of the molecule is C=C(C)C(=O)Sc1ccc(C=COCc2ccc(SC(=O)C(=C)C)cc2)cc1. The normalized spacial score (nSPS) is 10.6. The van der Waals surface area contributed by atoms with Gasteiger partial charge in [-0.15, -0.1) is 0 Å². The average Bonchev–Trinajstić information content (AvgIpc) is 2.67. The zero-order valence-electron chi connectivity index (χ0n) is 15.9. The van der Waals surface area contributed by atoms with E-state index in [-0.39, 0.29) is 10.2 Å². The van der Waals surface area contributed by atoms with E-state index in [1.165, 1.54) is 23.5 Å². The molecule has 0 saturated heterocycles. The van der Waals surface area contributed by atoms with Crippen LogP contribution in [0.5, 0.6) is 0 Å². The Bertz CT molecular complexity index is 894. The van der Waals surface area contributed by atoms with Gasteiger partial charge in [0.25, 0.3) is 0 Å². The van der Waals surface area contributed by atoms with E-state index in [1.54, 1.807) is 20.1 Å². The largest absolute Gasteiger partial charge is 0.496 e. The lowest BCUT2D eigenvalue weighted by molar-refractivity contribution is -0.108. The third kappa shape index (κ3) is 7.25. The summed E-state index contributed by atoms with van der Waals surface area (Å²) in [5, 5.41) is -0.0552. The minimum atomic E-state index is -0.0277. The van der Waals surface area contributed by atoms with Gasteiger partial charge >= 0.3 is 0 Å². The Labute approximate surface area is 174 Å². The second-order valence-electron chi connectivity index (χ2n) is 6.17. The molecule has 0 bridgehead atoms. The van der Waals surface area contributed by atoms with Gasteiger partial charge in [-0.25, -0.2) is 0 Å². The summed E-state index contributed by atoms with van der Waals surface area (Å²) in [5.74, 6) is 0. The van der Waals surface area contributed by atoms with Gasteiger partial charge in [0.2, 0.25) is 10.2 Å². The van der Waals surface area contributed by atoms with Crippen molar-refractivity contribution in [3.63, 3.8) is 0 Å². The van der Waals surface area contributed by atoms with E-state index >= 15 is 0 Å². The minimum Gasteiger partial charge on any atom is -0.496 e. The smallest absolute Gasteiger partial charge is 0.219 e. The summed E-state index contributed by atoms with van der Waals surface area (Å²) in [7, 11) is 0. The van der Waals surface area contributed by atoms with Crippen molar-refractivity contribution in [3.05, 3.63) is 90.2 Å². The first-order valence-electron chi connectivity index (χ1n) is 8.57. The maximum absolute atomic E-state index is 11.7. The Balaban J connectivity index is 1.81. The van der Waals surface area contributed by atoms with E-state index in [0.717, 1.165) is 20.9 Å². The molecule has 0 amide bonds. The molecule has 2 aromatic rings. The maximum Gasteiger partial charge on any atom is 0.219 e. The fourth-order valence-corrected chi connectivity index (χ4v) is 3.28. The summed E-state index contributed by atoms with van der Waals surface area (Å²) in [6.45, 7) is 11.2. The molecular formula is C23H22O3S2. The van der Waals surface area contributed by atoms with E-state index < -0.39 is 0 Å². The number of ether oxygens (including phenoxy) is 1. The highest BCUT2D eigenvalue weighted by Crippen LogP contribution is 2.23. The van der Waals surface area contributed by atoms with Gasteiger partial charge in [-0.1, -0.05) is 37.4 Å². The van der Waals surface area contributed by atoms with Crippen molar-refractivity contribution in [1.29, 1.82) is 0 Å². The van der Waals surface area contributed by atoms with Crippen LogP contribution in [-0.4, -0.2) is 10.2 Å². The van der Waals surface area contributed by atoms with Gasteiger partial charge in [-0.05, 0) is 90.0 Å². The van der Waals surface area contributed by atoms with Crippen molar-refractivity contribution in [1.82, 2.24) is 0 Å². The van der Waals surface area contributed by atoms with Crippen molar-refractivity contribution in [2.24, 2.45) is 0 Å². The van der Waals surface area contributed by atoms with Crippen LogP contribution in [0.25, 0.3) is 6.08 Å². The first-order chi connectivity index (χ1) is 13.3. The van der Waals surface area contributed by atoms with Crippen LogP contribution >= 0.6 is 23.5 Å². The number of hydrogen-bond acceptors (Lipinski definition) is 5. The van der Waals surface area contributed by atoms with Gasteiger partial charge in [-0.2, -0.15) is 0 Å². The lowest BCUT2D eigenvalue weighted by Crippen LogP contribution is -1.91. The van der Waals surface area contributed by atoms with Crippen LogP contribution in [0, 0.1) is 0 Å². The van der Waals surface area contributed by atoms with E-state index in [4.69, 9.17) is 4.74 Å². The van der Waals surface area contributed by atoms with E-state index in [0.29, 0.717) is 17.8 Å². The van der Waals surface area contributed by atoms with Crippen molar-refractivity contribution < 1.29 is 14.3 Å². The van der Waals surface area contributed by atoms with Crippen LogP contribution in [0.4, 0.5) is 0 Å². The van der Waals surface area contributed by atoms with Gasteiger partial charge in [0.05, 0.1) is 6.26 Å². The van der Waals surface area contributed by atoms with Crippen LogP contribution in [0.15, 0.2) is 88.9 Å². The summed E-state index contributed by atoms with van der Waals surface area (Å²) in [6.07, 6.45) is 3.51. The Kier molecular flexibility index (Phi) is 8.36. The Morgan fingerprint density at radius 2 is 1.32 bits per heavy atom. The standard InChI is InChI=1S/C23H22O3S2/c1-16(2)22(24)27-20-9-5-18(6-10-20)13-14-26-15-19-7-11-21(12-8-19)28-23(25)17(3)4/h5-14H,1,3,15H2,2,4H3. The van der Waals surface area contributed by atoms with E-state index in [9.17, 15) is 9.59 Å². The second-order valence-corrected chi connectivity index (χ2v) is 8.26. The van der Waals surface area contributed by atoms with Gasteiger partial charge in [0, 0.05) is 9.79 Å². The Morgan fingerprint density at radius 3 is 1.79 bits per heavy atom. The monoisotopic (exact) mass is 410 g/mol. The van der Waals surface area contributed by atoms with Crippen LogP contribution in [0.1, 0.15) is 25.0 Å².